The van der Waals surface area contributed by atoms with Gasteiger partial charge in [-0.1, -0.05) is 79.9 Å². The molecule has 1 aliphatic rings. The fraction of sp³-hybridized carbons (Fsp3) is 0.346. The summed E-state index contributed by atoms with van der Waals surface area (Å²) in [5.41, 5.74) is 4.22. The Bertz CT molecular complexity index is 905. The molecule has 0 bridgehead atoms. The van der Waals surface area contributed by atoms with Gasteiger partial charge in [-0.2, -0.15) is 0 Å². The number of hydrogen-bond acceptors (Lipinski definition) is 3. The first kappa shape index (κ1) is 19.7. The molecular formula is C26H29NO2. The Hall–Kier alpha value is -2.65. The van der Waals surface area contributed by atoms with Crippen LogP contribution in [0.25, 0.3) is 11.1 Å². The molecular weight excluding hydrogens is 358 g/mol. The molecule has 1 aromatic heterocycles. The number of aliphatic hydroxyl groups excluding tert-OH is 1. The summed E-state index contributed by atoms with van der Waals surface area (Å²) >= 11 is 0. The first-order chi connectivity index (χ1) is 14.3. The topological polar surface area (TPSA) is 42.4 Å². The summed E-state index contributed by atoms with van der Waals surface area (Å²) in [7, 11) is 1.66. The normalized spacial score (nSPS) is 16.9. The molecule has 2 atom stereocenters. The van der Waals surface area contributed by atoms with Gasteiger partial charge in [0.05, 0.1) is 13.2 Å². The first-order valence-electron chi connectivity index (χ1n) is 10.6. The zero-order chi connectivity index (χ0) is 20.1. The molecule has 29 heavy (non-hydrogen) atoms. The Balaban J connectivity index is 1.81. The number of aliphatic hydroxyl groups is 1. The van der Waals surface area contributed by atoms with E-state index in [1.54, 1.807) is 7.11 Å². The largest absolute Gasteiger partial charge is 0.481 e. The van der Waals surface area contributed by atoms with Crippen molar-refractivity contribution >= 4 is 0 Å². The van der Waals surface area contributed by atoms with E-state index >= 15 is 0 Å². The standard InChI is InChI=1S/C26H29NO2/c1-29-26-23(17-22(18-27-26)19-11-5-2-6-12-19)24(20-13-7-3-8-14-20)25(28)21-15-9-4-10-16-21/h2-3,5-8,11-14,17-18,21,24-25,28H,4,9-10,15-16H2,1H3. The molecule has 4 rings (SSSR count). The highest BCUT2D eigenvalue weighted by molar-refractivity contribution is 5.64. The van der Waals surface area contributed by atoms with Crippen LogP contribution in [-0.4, -0.2) is 23.3 Å². The van der Waals surface area contributed by atoms with Crippen molar-refractivity contribution in [1.82, 2.24) is 4.98 Å². The van der Waals surface area contributed by atoms with E-state index in [1.165, 1.54) is 19.3 Å². The third-order valence-electron chi connectivity index (χ3n) is 6.15. The van der Waals surface area contributed by atoms with Crippen molar-refractivity contribution in [3.8, 4) is 17.0 Å². The summed E-state index contributed by atoms with van der Waals surface area (Å²) < 4.78 is 5.65. The number of rotatable bonds is 6. The Labute approximate surface area is 173 Å². The van der Waals surface area contributed by atoms with Crippen LogP contribution >= 0.6 is 0 Å². The predicted octanol–water partition coefficient (Wildman–Crippen LogP) is 5.83. The maximum Gasteiger partial charge on any atom is 0.216 e. The molecule has 1 heterocycles. The van der Waals surface area contributed by atoms with Crippen LogP contribution in [0.5, 0.6) is 5.88 Å². The fourth-order valence-corrected chi connectivity index (χ4v) is 4.62. The number of ether oxygens (including phenoxy) is 1. The lowest BCUT2D eigenvalue weighted by molar-refractivity contribution is 0.0698. The average Bonchev–Trinajstić information content (AvgIpc) is 2.81. The van der Waals surface area contributed by atoms with Gasteiger partial charge in [0.15, 0.2) is 0 Å². The lowest BCUT2D eigenvalue weighted by atomic mass is 9.75. The van der Waals surface area contributed by atoms with Crippen LogP contribution in [0.3, 0.4) is 0 Å². The van der Waals surface area contributed by atoms with Gasteiger partial charge in [-0.25, -0.2) is 4.98 Å². The maximum atomic E-state index is 11.5. The third kappa shape index (κ3) is 4.35. The smallest absolute Gasteiger partial charge is 0.216 e. The third-order valence-corrected chi connectivity index (χ3v) is 6.15. The molecule has 2 unspecified atom stereocenters. The van der Waals surface area contributed by atoms with E-state index in [-0.39, 0.29) is 5.92 Å². The van der Waals surface area contributed by atoms with Crippen LogP contribution < -0.4 is 4.74 Å². The molecule has 3 aromatic rings. The predicted molar refractivity (Wildman–Crippen MR) is 117 cm³/mol. The minimum absolute atomic E-state index is 0.162. The van der Waals surface area contributed by atoms with Crippen LogP contribution in [-0.2, 0) is 0 Å². The number of methoxy groups -OCH3 is 1. The molecule has 0 aliphatic heterocycles. The SMILES string of the molecule is COc1ncc(-c2ccccc2)cc1C(c1ccccc1)C(O)C1CCCCC1. The van der Waals surface area contributed by atoms with Gasteiger partial charge in [-0.05, 0) is 36.0 Å². The highest BCUT2D eigenvalue weighted by atomic mass is 16.5. The van der Waals surface area contributed by atoms with Crippen molar-refractivity contribution in [3.63, 3.8) is 0 Å². The molecule has 1 fully saturated rings. The molecule has 0 saturated heterocycles. The Morgan fingerprint density at radius 2 is 1.55 bits per heavy atom. The van der Waals surface area contributed by atoms with Crippen LogP contribution in [0, 0.1) is 5.92 Å². The number of pyridine rings is 1. The lowest BCUT2D eigenvalue weighted by Gasteiger charge is -2.33. The number of nitrogens with zero attached hydrogens (tertiary/aromatic N) is 1. The van der Waals surface area contributed by atoms with Crippen molar-refractivity contribution in [2.45, 2.75) is 44.1 Å². The second-order valence-electron chi connectivity index (χ2n) is 7.97. The summed E-state index contributed by atoms with van der Waals surface area (Å²) in [6.07, 6.45) is 7.22. The summed E-state index contributed by atoms with van der Waals surface area (Å²) in [6.45, 7) is 0. The van der Waals surface area contributed by atoms with Crippen molar-refractivity contribution < 1.29 is 9.84 Å². The van der Waals surface area contributed by atoms with E-state index < -0.39 is 6.10 Å². The summed E-state index contributed by atoms with van der Waals surface area (Å²) in [6, 6.07) is 22.7. The van der Waals surface area contributed by atoms with Gasteiger partial charge in [-0.15, -0.1) is 0 Å². The monoisotopic (exact) mass is 387 g/mol. The Kier molecular flexibility index (Phi) is 6.26. The van der Waals surface area contributed by atoms with E-state index in [2.05, 4.69) is 35.3 Å². The molecule has 2 aromatic carbocycles. The van der Waals surface area contributed by atoms with Crippen molar-refractivity contribution in [3.05, 3.63) is 84.1 Å². The van der Waals surface area contributed by atoms with Gasteiger partial charge in [0.25, 0.3) is 0 Å². The highest BCUT2D eigenvalue weighted by Gasteiger charge is 2.33. The first-order valence-corrected chi connectivity index (χ1v) is 10.6. The van der Waals surface area contributed by atoms with Gasteiger partial charge >= 0.3 is 0 Å². The van der Waals surface area contributed by atoms with Crippen LogP contribution in [0.4, 0.5) is 0 Å². The molecule has 0 radical (unpaired) electrons. The quantitative estimate of drug-likeness (QED) is 0.578. The molecule has 150 valence electrons. The Morgan fingerprint density at radius 3 is 2.21 bits per heavy atom. The minimum Gasteiger partial charge on any atom is -0.481 e. The van der Waals surface area contributed by atoms with Crippen molar-refractivity contribution in [2.75, 3.05) is 7.11 Å². The van der Waals surface area contributed by atoms with Crippen LogP contribution in [0.1, 0.15) is 49.1 Å². The van der Waals surface area contributed by atoms with Crippen molar-refractivity contribution in [1.29, 1.82) is 0 Å². The zero-order valence-electron chi connectivity index (χ0n) is 17.0. The maximum absolute atomic E-state index is 11.5. The second kappa shape index (κ2) is 9.23. The van der Waals surface area contributed by atoms with Gasteiger partial charge in [0.1, 0.15) is 0 Å². The summed E-state index contributed by atoms with van der Waals surface area (Å²) in [5, 5.41) is 11.5. The molecule has 3 nitrogen and oxygen atoms in total. The van der Waals surface area contributed by atoms with E-state index in [1.807, 2.05) is 42.6 Å². The fourth-order valence-electron chi connectivity index (χ4n) is 4.62. The van der Waals surface area contributed by atoms with E-state index in [0.29, 0.717) is 11.8 Å². The molecule has 0 spiro atoms. The summed E-state index contributed by atoms with van der Waals surface area (Å²) in [5.74, 6) is 0.734. The molecule has 3 heteroatoms. The average molecular weight is 388 g/mol. The number of benzene rings is 2. The Morgan fingerprint density at radius 1 is 0.897 bits per heavy atom. The van der Waals surface area contributed by atoms with Crippen LogP contribution in [0.2, 0.25) is 0 Å². The van der Waals surface area contributed by atoms with Gasteiger partial charge in [0, 0.05) is 23.2 Å². The molecule has 0 amide bonds. The van der Waals surface area contributed by atoms with Crippen molar-refractivity contribution in [2.24, 2.45) is 5.92 Å². The molecule has 1 aliphatic carbocycles. The number of aromatic nitrogens is 1. The van der Waals surface area contributed by atoms with Gasteiger partial charge < -0.3 is 9.84 Å². The van der Waals surface area contributed by atoms with Gasteiger partial charge in [0.2, 0.25) is 5.88 Å². The molecule has 1 N–H and O–H groups in total. The van der Waals surface area contributed by atoms with E-state index in [4.69, 9.17) is 4.74 Å². The molecule has 1 saturated carbocycles. The van der Waals surface area contributed by atoms with Crippen LogP contribution in [0.15, 0.2) is 72.9 Å². The van der Waals surface area contributed by atoms with E-state index in [9.17, 15) is 5.11 Å². The highest BCUT2D eigenvalue weighted by Crippen LogP contribution is 2.41. The minimum atomic E-state index is -0.459. The van der Waals surface area contributed by atoms with Gasteiger partial charge in [-0.3, -0.25) is 0 Å². The summed E-state index contributed by atoms with van der Waals surface area (Å²) in [4.78, 5) is 4.61. The lowest BCUT2D eigenvalue weighted by Crippen LogP contribution is -2.30. The van der Waals surface area contributed by atoms with E-state index in [0.717, 1.165) is 35.1 Å². The second-order valence-corrected chi connectivity index (χ2v) is 7.97. The number of hydrogen-bond donors (Lipinski definition) is 1. The zero-order valence-corrected chi connectivity index (χ0v) is 17.0.